The summed E-state index contributed by atoms with van der Waals surface area (Å²) in [4.78, 5) is 22.4. The minimum Gasteiger partial charge on any atom is -0.479 e. The van der Waals surface area contributed by atoms with Crippen LogP contribution in [0.5, 0.6) is 0 Å². The molecule has 0 amide bonds. The first-order valence-corrected chi connectivity index (χ1v) is 5.25. The molecule has 0 radical (unpaired) electrons. The highest BCUT2D eigenvalue weighted by atomic mass is 16.6. The minimum absolute atomic E-state index is 0.231. The number of hydrogen-bond acceptors (Lipinski definition) is 4. The molecule has 0 saturated carbocycles. The zero-order valence-electron chi connectivity index (χ0n) is 9.77. The second kappa shape index (κ2) is 5.34. The summed E-state index contributed by atoms with van der Waals surface area (Å²) in [5, 5.41) is 8.77. The smallest absolute Gasteiger partial charge is 0.345 e. The molecule has 1 aromatic rings. The first-order valence-electron chi connectivity index (χ1n) is 5.25. The number of anilines is 1. The van der Waals surface area contributed by atoms with Gasteiger partial charge in [0.1, 0.15) is 0 Å². The fourth-order valence-electron chi connectivity index (χ4n) is 1.31. The molecule has 1 atom stereocenters. The van der Waals surface area contributed by atoms with Crippen molar-refractivity contribution in [1.29, 1.82) is 0 Å². The monoisotopic (exact) mass is 237 g/mol. The molecule has 0 saturated heterocycles. The van der Waals surface area contributed by atoms with E-state index in [0.29, 0.717) is 11.3 Å². The number of rotatable bonds is 4. The van der Waals surface area contributed by atoms with Crippen molar-refractivity contribution in [3.63, 3.8) is 0 Å². The number of aryl methyl sites for hydroxylation is 1. The average molecular weight is 237 g/mol. The second-order valence-corrected chi connectivity index (χ2v) is 3.71. The molecule has 0 bridgehead atoms. The molecular weight excluding hydrogens is 222 g/mol. The zero-order valence-corrected chi connectivity index (χ0v) is 9.77. The van der Waals surface area contributed by atoms with Gasteiger partial charge in [0.2, 0.25) is 0 Å². The van der Waals surface area contributed by atoms with E-state index < -0.39 is 18.0 Å². The number of esters is 1. The van der Waals surface area contributed by atoms with Crippen LogP contribution in [0.4, 0.5) is 5.69 Å². The van der Waals surface area contributed by atoms with E-state index in [0.717, 1.165) is 5.56 Å². The van der Waals surface area contributed by atoms with Crippen LogP contribution < -0.4 is 5.73 Å². The standard InChI is InChI=1S/C12H15NO4/c1-3-10(11(14)15)17-12(16)8-4-5-9(13)7(2)6-8/h4-6,10H,3,13H2,1-2H3,(H,14,15). The molecule has 92 valence electrons. The highest BCUT2D eigenvalue weighted by molar-refractivity contribution is 5.91. The van der Waals surface area contributed by atoms with E-state index in [1.165, 1.54) is 6.07 Å². The summed E-state index contributed by atoms with van der Waals surface area (Å²) < 4.78 is 4.86. The molecule has 5 heteroatoms. The number of benzene rings is 1. The van der Waals surface area contributed by atoms with E-state index in [9.17, 15) is 9.59 Å². The molecule has 1 aromatic carbocycles. The molecule has 0 fully saturated rings. The Bertz CT molecular complexity index is 442. The fourth-order valence-corrected chi connectivity index (χ4v) is 1.31. The number of carboxylic acid groups (broad SMARTS) is 1. The van der Waals surface area contributed by atoms with E-state index in [-0.39, 0.29) is 6.42 Å². The molecule has 0 aromatic heterocycles. The summed E-state index contributed by atoms with van der Waals surface area (Å²) in [6, 6.07) is 4.68. The fraction of sp³-hybridized carbons (Fsp3) is 0.333. The lowest BCUT2D eigenvalue weighted by Crippen LogP contribution is -2.26. The summed E-state index contributed by atoms with van der Waals surface area (Å²) >= 11 is 0. The number of nitrogens with two attached hydrogens (primary N) is 1. The van der Waals surface area contributed by atoms with Gasteiger partial charge in [0.15, 0.2) is 6.10 Å². The lowest BCUT2D eigenvalue weighted by molar-refractivity contribution is -0.147. The Morgan fingerprint density at radius 1 is 1.47 bits per heavy atom. The maximum atomic E-state index is 11.7. The Labute approximate surface area is 99.2 Å². The topological polar surface area (TPSA) is 89.6 Å². The van der Waals surface area contributed by atoms with E-state index in [2.05, 4.69) is 0 Å². The number of aliphatic carboxylic acids is 1. The van der Waals surface area contributed by atoms with Crippen LogP contribution in [-0.4, -0.2) is 23.1 Å². The highest BCUT2D eigenvalue weighted by Crippen LogP contribution is 2.14. The number of hydrogen-bond donors (Lipinski definition) is 2. The van der Waals surface area contributed by atoms with E-state index in [4.69, 9.17) is 15.6 Å². The summed E-state index contributed by atoms with van der Waals surface area (Å²) in [5.41, 5.74) is 7.25. The van der Waals surface area contributed by atoms with Gasteiger partial charge in [-0.3, -0.25) is 0 Å². The van der Waals surface area contributed by atoms with Crippen LogP contribution in [-0.2, 0) is 9.53 Å². The first-order chi connectivity index (χ1) is 7.95. The van der Waals surface area contributed by atoms with Gasteiger partial charge in [-0.1, -0.05) is 6.92 Å². The number of ether oxygens (including phenoxy) is 1. The van der Waals surface area contributed by atoms with Crippen molar-refractivity contribution in [3.05, 3.63) is 29.3 Å². The van der Waals surface area contributed by atoms with Gasteiger partial charge in [-0.05, 0) is 37.1 Å². The normalized spacial score (nSPS) is 11.9. The molecule has 3 N–H and O–H groups in total. The van der Waals surface area contributed by atoms with E-state index in [1.807, 2.05) is 0 Å². The van der Waals surface area contributed by atoms with Gasteiger partial charge in [-0.25, -0.2) is 9.59 Å². The van der Waals surface area contributed by atoms with Crippen molar-refractivity contribution < 1.29 is 19.4 Å². The van der Waals surface area contributed by atoms with Crippen LogP contribution in [0.15, 0.2) is 18.2 Å². The lowest BCUT2D eigenvalue weighted by atomic mass is 10.1. The van der Waals surface area contributed by atoms with Crippen molar-refractivity contribution in [2.24, 2.45) is 0 Å². The van der Waals surface area contributed by atoms with Gasteiger partial charge < -0.3 is 15.6 Å². The number of carbonyl (C=O) groups excluding carboxylic acids is 1. The van der Waals surface area contributed by atoms with E-state index >= 15 is 0 Å². The molecular formula is C12H15NO4. The van der Waals surface area contributed by atoms with Crippen LogP contribution in [0.3, 0.4) is 0 Å². The van der Waals surface area contributed by atoms with Crippen molar-refractivity contribution in [3.8, 4) is 0 Å². The summed E-state index contributed by atoms with van der Waals surface area (Å²) in [5.74, 6) is -1.80. The van der Waals surface area contributed by atoms with E-state index in [1.54, 1.807) is 26.0 Å². The average Bonchev–Trinajstić information content (AvgIpc) is 2.28. The quantitative estimate of drug-likeness (QED) is 0.613. The summed E-state index contributed by atoms with van der Waals surface area (Å²) in [7, 11) is 0. The van der Waals surface area contributed by atoms with Crippen molar-refractivity contribution in [2.45, 2.75) is 26.4 Å². The van der Waals surface area contributed by atoms with Crippen molar-refractivity contribution in [1.82, 2.24) is 0 Å². The van der Waals surface area contributed by atoms with Crippen LogP contribution in [0.1, 0.15) is 29.3 Å². The summed E-state index contributed by atoms with van der Waals surface area (Å²) in [6.07, 6.45) is -0.880. The first kappa shape index (κ1) is 13.0. The molecule has 0 aliphatic heterocycles. The molecule has 1 rings (SSSR count). The summed E-state index contributed by atoms with van der Waals surface area (Å²) in [6.45, 7) is 3.40. The third-order valence-corrected chi connectivity index (χ3v) is 2.40. The molecule has 5 nitrogen and oxygen atoms in total. The van der Waals surface area contributed by atoms with Crippen LogP contribution in [0.2, 0.25) is 0 Å². The maximum Gasteiger partial charge on any atom is 0.345 e. The van der Waals surface area contributed by atoms with Gasteiger partial charge in [0.05, 0.1) is 5.56 Å². The molecule has 1 unspecified atom stereocenters. The van der Waals surface area contributed by atoms with Crippen LogP contribution in [0.25, 0.3) is 0 Å². The highest BCUT2D eigenvalue weighted by Gasteiger charge is 2.20. The van der Waals surface area contributed by atoms with Crippen LogP contribution in [0, 0.1) is 6.92 Å². The largest absolute Gasteiger partial charge is 0.479 e. The molecule has 0 spiro atoms. The van der Waals surface area contributed by atoms with Gasteiger partial charge in [0, 0.05) is 5.69 Å². The molecule has 0 aliphatic rings. The predicted molar refractivity (Wildman–Crippen MR) is 62.7 cm³/mol. The van der Waals surface area contributed by atoms with Gasteiger partial charge in [0.25, 0.3) is 0 Å². The van der Waals surface area contributed by atoms with Crippen molar-refractivity contribution in [2.75, 3.05) is 5.73 Å². The predicted octanol–water partition coefficient (Wildman–Crippen LogP) is 1.60. The van der Waals surface area contributed by atoms with Gasteiger partial charge >= 0.3 is 11.9 Å². The third-order valence-electron chi connectivity index (χ3n) is 2.40. The molecule has 17 heavy (non-hydrogen) atoms. The zero-order chi connectivity index (χ0) is 13.0. The Morgan fingerprint density at radius 3 is 2.59 bits per heavy atom. The SMILES string of the molecule is CCC(OC(=O)c1ccc(N)c(C)c1)C(=O)O. The van der Waals surface area contributed by atoms with Gasteiger partial charge in [-0.15, -0.1) is 0 Å². The Hall–Kier alpha value is -2.04. The Kier molecular flexibility index (Phi) is 4.09. The lowest BCUT2D eigenvalue weighted by Gasteiger charge is -2.12. The van der Waals surface area contributed by atoms with Gasteiger partial charge in [-0.2, -0.15) is 0 Å². The maximum absolute atomic E-state index is 11.7. The molecule has 0 aliphatic carbocycles. The second-order valence-electron chi connectivity index (χ2n) is 3.71. The van der Waals surface area contributed by atoms with Crippen LogP contribution >= 0.6 is 0 Å². The molecule has 0 heterocycles. The Morgan fingerprint density at radius 2 is 2.12 bits per heavy atom. The number of carbonyl (C=O) groups is 2. The number of carboxylic acids is 1. The minimum atomic E-state index is -1.15. The Balaban J connectivity index is 2.82. The third kappa shape index (κ3) is 3.21. The van der Waals surface area contributed by atoms with Crippen molar-refractivity contribution >= 4 is 17.6 Å². The number of nitrogen functional groups attached to an aromatic ring is 1.